The summed E-state index contributed by atoms with van der Waals surface area (Å²) in [6, 6.07) is 12.7. The summed E-state index contributed by atoms with van der Waals surface area (Å²) in [5, 5.41) is 17.3. The quantitative estimate of drug-likeness (QED) is 0.412. The number of nitrogens with zero attached hydrogens (tertiary/aromatic N) is 4. The number of nitrogens with one attached hydrogen (secondary N) is 1. The predicted octanol–water partition coefficient (Wildman–Crippen LogP) is 3.55. The Morgan fingerprint density at radius 2 is 1.96 bits per heavy atom. The first kappa shape index (κ1) is 17.1. The molecule has 0 saturated heterocycles. The van der Waals surface area contributed by atoms with Crippen LogP contribution >= 0.6 is 0 Å². The van der Waals surface area contributed by atoms with E-state index >= 15 is 0 Å². The molecule has 10 heteroatoms. The average Bonchev–Trinajstić information content (AvgIpc) is 3.39. The van der Waals surface area contributed by atoms with Crippen LogP contribution < -0.4 is 5.32 Å². The van der Waals surface area contributed by atoms with E-state index < -0.39 is 16.7 Å². The third-order valence-corrected chi connectivity index (χ3v) is 3.75. The lowest BCUT2D eigenvalue weighted by Crippen LogP contribution is -2.11. The maximum Gasteiger partial charge on any atom is 0.433 e. The molecule has 0 radical (unpaired) electrons. The van der Waals surface area contributed by atoms with Gasteiger partial charge in [-0.2, -0.15) is 4.98 Å². The minimum Gasteiger partial charge on any atom is -0.395 e. The van der Waals surface area contributed by atoms with E-state index in [0.717, 1.165) is 6.07 Å². The number of hydrogen-bond acceptors (Lipinski definition) is 8. The van der Waals surface area contributed by atoms with Gasteiger partial charge in [-0.3, -0.25) is 19.9 Å². The standard InChI is InChI=1S/C18H11N5O5/c24-17(14-7-8-15(27-14)23(25)26)20-13-6-2-1-5-12(13)18-21-16(22-28-18)11-4-3-9-19-10-11/h1-10H,(H,20,24). The van der Waals surface area contributed by atoms with Crippen LogP contribution in [0.1, 0.15) is 10.6 Å². The summed E-state index contributed by atoms with van der Waals surface area (Å²) in [6.07, 6.45) is 3.24. The Labute approximate surface area is 157 Å². The third kappa shape index (κ3) is 3.33. The summed E-state index contributed by atoms with van der Waals surface area (Å²) >= 11 is 0. The molecule has 0 aliphatic rings. The average molecular weight is 377 g/mol. The zero-order valence-corrected chi connectivity index (χ0v) is 14.1. The van der Waals surface area contributed by atoms with Gasteiger partial charge >= 0.3 is 5.88 Å². The molecule has 0 aliphatic heterocycles. The van der Waals surface area contributed by atoms with Gasteiger partial charge in [-0.25, -0.2) is 0 Å². The number of rotatable bonds is 5. The van der Waals surface area contributed by atoms with Gasteiger partial charge in [-0.15, -0.1) is 0 Å². The predicted molar refractivity (Wildman–Crippen MR) is 96.3 cm³/mol. The van der Waals surface area contributed by atoms with E-state index in [1.807, 2.05) is 0 Å². The molecular formula is C18H11N5O5. The number of carbonyl (C=O) groups is 1. The lowest BCUT2D eigenvalue weighted by atomic mass is 10.1. The van der Waals surface area contributed by atoms with Gasteiger partial charge in [-0.1, -0.05) is 17.3 Å². The van der Waals surface area contributed by atoms with Crippen LogP contribution in [0.15, 0.2) is 69.9 Å². The van der Waals surface area contributed by atoms with E-state index in [2.05, 4.69) is 20.4 Å². The van der Waals surface area contributed by atoms with Crippen LogP contribution in [0.5, 0.6) is 0 Å². The number of nitro groups is 1. The van der Waals surface area contributed by atoms with Crippen LogP contribution in [0.25, 0.3) is 22.8 Å². The molecule has 0 bridgehead atoms. The van der Waals surface area contributed by atoms with Gasteiger partial charge in [0.1, 0.15) is 4.92 Å². The van der Waals surface area contributed by atoms with Crippen molar-refractivity contribution in [1.82, 2.24) is 15.1 Å². The van der Waals surface area contributed by atoms with Crippen molar-refractivity contribution in [1.29, 1.82) is 0 Å². The molecule has 0 unspecified atom stereocenters. The highest BCUT2D eigenvalue weighted by molar-refractivity contribution is 6.04. The molecule has 0 aliphatic carbocycles. The van der Waals surface area contributed by atoms with Crippen LogP contribution in [0.3, 0.4) is 0 Å². The van der Waals surface area contributed by atoms with Crippen molar-refractivity contribution < 1.29 is 18.7 Å². The first-order valence-electron chi connectivity index (χ1n) is 8.01. The zero-order valence-electron chi connectivity index (χ0n) is 14.1. The molecule has 0 saturated carbocycles. The summed E-state index contributed by atoms with van der Waals surface area (Å²) < 4.78 is 10.2. The Kier molecular flexibility index (Phi) is 4.34. The molecule has 0 atom stereocenters. The second-order valence-electron chi connectivity index (χ2n) is 5.56. The Balaban J connectivity index is 1.61. The van der Waals surface area contributed by atoms with E-state index in [1.165, 1.54) is 6.07 Å². The zero-order chi connectivity index (χ0) is 19.5. The van der Waals surface area contributed by atoms with Gasteiger partial charge in [0, 0.05) is 18.0 Å². The molecule has 4 aromatic rings. The lowest BCUT2D eigenvalue weighted by Gasteiger charge is -2.06. The van der Waals surface area contributed by atoms with Crippen molar-refractivity contribution in [2.75, 3.05) is 5.32 Å². The van der Waals surface area contributed by atoms with Gasteiger partial charge in [0.15, 0.2) is 5.76 Å². The summed E-state index contributed by atoms with van der Waals surface area (Å²) in [5.74, 6) is -0.807. The highest BCUT2D eigenvalue weighted by Crippen LogP contribution is 2.29. The van der Waals surface area contributed by atoms with E-state index in [1.54, 1.807) is 48.8 Å². The number of amides is 1. The molecule has 1 amide bonds. The summed E-state index contributed by atoms with van der Waals surface area (Å²) in [5.41, 5.74) is 1.55. The number of anilines is 1. The van der Waals surface area contributed by atoms with Crippen molar-refractivity contribution in [3.8, 4) is 22.8 Å². The monoisotopic (exact) mass is 377 g/mol. The fraction of sp³-hybridized carbons (Fsp3) is 0. The van der Waals surface area contributed by atoms with E-state index in [4.69, 9.17) is 8.94 Å². The largest absolute Gasteiger partial charge is 0.433 e. The Morgan fingerprint density at radius 1 is 1.11 bits per heavy atom. The van der Waals surface area contributed by atoms with Crippen LogP contribution in [0, 0.1) is 10.1 Å². The fourth-order valence-electron chi connectivity index (χ4n) is 2.46. The maximum atomic E-state index is 12.4. The molecule has 4 rings (SSSR count). The minimum atomic E-state index is -0.719. The Morgan fingerprint density at radius 3 is 2.71 bits per heavy atom. The molecular weight excluding hydrogens is 366 g/mol. The van der Waals surface area contributed by atoms with Gasteiger partial charge in [0.25, 0.3) is 11.8 Å². The van der Waals surface area contributed by atoms with Crippen molar-refractivity contribution >= 4 is 17.5 Å². The number of furan rings is 1. The van der Waals surface area contributed by atoms with Gasteiger partial charge in [-0.05, 0) is 30.3 Å². The first-order chi connectivity index (χ1) is 13.6. The van der Waals surface area contributed by atoms with E-state index in [9.17, 15) is 14.9 Å². The smallest absolute Gasteiger partial charge is 0.395 e. The first-order valence-corrected chi connectivity index (χ1v) is 8.01. The molecule has 3 aromatic heterocycles. The number of carbonyl (C=O) groups excluding carboxylic acids is 1. The Bertz CT molecular complexity index is 1150. The fourth-order valence-corrected chi connectivity index (χ4v) is 2.46. The topological polar surface area (TPSA) is 137 Å². The number of para-hydroxylation sites is 1. The highest BCUT2D eigenvalue weighted by atomic mass is 16.6. The van der Waals surface area contributed by atoms with Gasteiger partial charge in [0.05, 0.1) is 17.3 Å². The molecule has 10 nitrogen and oxygen atoms in total. The number of hydrogen-bond donors (Lipinski definition) is 1. The number of aromatic nitrogens is 3. The highest BCUT2D eigenvalue weighted by Gasteiger charge is 2.20. The molecule has 1 N–H and O–H groups in total. The number of benzene rings is 1. The summed E-state index contributed by atoms with van der Waals surface area (Å²) in [6.45, 7) is 0. The lowest BCUT2D eigenvalue weighted by molar-refractivity contribution is -0.402. The van der Waals surface area contributed by atoms with Crippen LogP contribution in [0.4, 0.5) is 11.6 Å². The van der Waals surface area contributed by atoms with Crippen molar-refractivity contribution in [2.45, 2.75) is 0 Å². The number of pyridine rings is 1. The molecule has 1 aromatic carbocycles. The van der Waals surface area contributed by atoms with Crippen LogP contribution in [-0.2, 0) is 0 Å². The second kappa shape index (κ2) is 7.11. The Hall–Kier alpha value is -4.34. The molecule has 0 spiro atoms. The van der Waals surface area contributed by atoms with Crippen molar-refractivity contribution in [3.63, 3.8) is 0 Å². The summed E-state index contributed by atoms with van der Waals surface area (Å²) in [4.78, 5) is 30.7. The summed E-state index contributed by atoms with van der Waals surface area (Å²) in [7, 11) is 0. The molecule has 28 heavy (non-hydrogen) atoms. The van der Waals surface area contributed by atoms with Crippen LogP contribution in [-0.4, -0.2) is 26.0 Å². The van der Waals surface area contributed by atoms with Gasteiger partial charge in [0.2, 0.25) is 5.82 Å². The van der Waals surface area contributed by atoms with Crippen molar-refractivity contribution in [3.05, 3.63) is 76.8 Å². The van der Waals surface area contributed by atoms with Crippen molar-refractivity contribution in [2.24, 2.45) is 0 Å². The van der Waals surface area contributed by atoms with Gasteiger partial charge < -0.3 is 14.3 Å². The second-order valence-corrected chi connectivity index (χ2v) is 5.56. The molecule has 0 fully saturated rings. The third-order valence-electron chi connectivity index (χ3n) is 3.75. The van der Waals surface area contributed by atoms with Crippen LogP contribution in [0.2, 0.25) is 0 Å². The normalized spacial score (nSPS) is 10.6. The van der Waals surface area contributed by atoms with E-state index in [-0.39, 0.29) is 11.7 Å². The molecule has 3 heterocycles. The minimum absolute atomic E-state index is 0.192. The van der Waals surface area contributed by atoms with E-state index in [0.29, 0.717) is 22.6 Å². The molecule has 138 valence electrons. The maximum absolute atomic E-state index is 12.4. The SMILES string of the molecule is O=C(Nc1ccccc1-c1nc(-c2cccnc2)no1)c1ccc([N+](=O)[O-])o1.